The zero-order valence-electron chi connectivity index (χ0n) is 15.8. The van der Waals surface area contributed by atoms with Gasteiger partial charge in [-0.3, -0.25) is 9.36 Å². The van der Waals surface area contributed by atoms with Crippen molar-refractivity contribution in [2.75, 3.05) is 18.8 Å². The van der Waals surface area contributed by atoms with Crippen LogP contribution in [0.25, 0.3) is 16.9 Å². The topological polar surface area (TPSA) is 38.1 Å². The van der Waals surface area contributed by atoms with Gasteiger partial charge in [-0.2, -0.15) is 0 Å². The van der Waals surface area contributed by atoms with Gasteiger partial charge in [0.1, 0.15) is 0 Å². The predicted molar refractivity (Wildman–Crippen MR) is 115 cm³/mol. The highest BCUT2D eigenvalue weighted by atomic mass is 35.5. The van der Waals surface area contributed by atoms with Gasteiger partial charge in [0.15, 0.2) is 5.16 Å². The molecule has 1 fully saturated rings. The van der Waals surface area contributed by atoms with Gasteiger partial charge >= 0.3 is 0 Å². The zero-order valence-corrected chi connectivity index (χ0v) is 17.3. The summed E-state index contributed by atoms with van der Waals surface area (Å²) in [6.45, 7) is 3.82. The van der Waals surface area contributed by atoms with Gasteiger partial charge < -0.3 is 4.90 Å². The molecule has 2 heterocycles. The summed E-state index contributed by atoms with van der Waals surface area (Å²) in [6.07, 6.45) is 4.07. The Morgan fingerprint density at radius 3 is 2.61 bits per heavy atom. The molecule has 0 aliphatic carbocycles. The third kappa shape index (κ3) is 4.10. The number of rotatable bonds is 5. The van der Waals surface area contributed by atoms with Gasteiger partial charge in [-0.15, -0.1) is 0 Å². The number of carbonyl (C=O) groups excluding carboxylic acids is 1. The quantitative estimate of drug-likeness (QED) is 0.540. The maximum absolute atomic E-state index is 12.5. The summed E-state index contributed by atoms with van der Waals surface area (Å²) in [6, 6.07) is 16.1. The van der Waals surface area contributed by atoms with E-state index in [4.69, 9.17) is 11.6 Å². The molecule has 0 saturated carbocycles. The summed E-state index contributed by atoms with van der Waals surface area (Å²) in [4.78, 5) is 19.1. The number of thioether (sulfide) groups is 1. The van der Waals surface area contributed by atoms with Crippen molar-refractivity contribution in [2.45, 2.75) is 24.9 Å². The van der Waals surface area contributed by atoms with Crippen molar-refractivity contribution in [1.82, 2.24) is 14.5 Å². The van der Waals surface area contributed by atoms with E-state index in [9.17, 15) is 4.79 Å². The number of amides is 1. The Bertz CT molecular complexity index is 978. The molecule has 4 nitrogen and oxygen atoms in total. The van der Waals surface area contributed by atoms with E-state index in [1.165, 1.54) is 17.3 Å². The first-order valence-corrected chi connectivity index (χ1v) is 10.8. The van der Waals surface area contributed by atoms with Gasteiger partial charge in [-0.1, -0.05) is 59.3 Å². The number of carbonyl (C=O) groups is 1. The number of hydrogen-bond donors (Lipinski definition) is 0. The van der Waals surface area contributed by atoms with Crippen LogP contribution in [-0.4, -0.2) is 39.2 Å². The van der Waals surface area contributed by atoms with Crippen LogP contribution in [0.1, 0.15) is 18.4 Å². The number of nitrogens with zero attached hydrogens (tertiary/aromatic N) is 3. The lowest BCUT2D eigenvalue weighted by molar-refractivity contribution is -0.127. The predicted octanol–water partition coefficient (Wildman–Crippen LogP) is 5.22. The Labute approximate surface area is 174 Å². The molecule has 0 bridgehead atoms. The van der Waals surface area contributed by atoms with Crippen LogP contribution in [0.2, 0.25) is 5.02 Å². The first kappa shape index (κ1) is 19.1. The Kier molecular flexibility index (Phi) is 5.74. The minimum absolute atomic E-state index is 0.181. The van der Waals surface area contributed by atoms with E-state index >= 15 is 0 Å². The van der Waals surface area contributed by atoms with E-state index < -0.39 is 0 Å². The summed E-state index contributed by atoms with van der Waals surface area (Å²) in [5.74, 6) is 0.574. The minimum atomic E-state index is 0.181. The Morgan fingerprint density at radius 2 is 1.89 bits per heavy atom. The summed E-state index contributed by atoms with van der Waals surface area (Å²) in [5, 5.41) is 1.47. The van der Waals surface area contributed by atoms with E-state index in [1.807, 2.05) is 35.4 Å². The highest BCUT2D eigenvalue weighted by Crippen LogP contribution is 2.31. The molecule has 0 spiro atoms. The lowest BCUT2D eigenvalue weighted by Gasteiger charge is -2.16. The van der Waals surface area contributed by atoms with Crippen LogP contribution in [-0.2, 0) is 4.79 Å². The largest absolute Gasteiger partial charge is 0.342 e. The summed E-state index contributed by atoms with van der Waals surface area (Å²) < 4.78 is 2.08. The summed E-state index contributed by atoms with van der Waals surface area (Å²) in [7, 11) is 0. The van der Waals surface area contributed by atoms with Gasteiger partial charge in [-0.05, 0) is 38.0 Å². The van der Waals surface area contributed by atoms with Crippen molar-refractivity contribution in [2.24, 2.45) is 0 Å². The van der Waals surface area contributed by atoms with E-state index in [2.05, 4.69) is 40.7 Å². The molecular formula is C22H22ClN3OS. The van der Waals surface area contributed by atoms with E-state index in [0.717, 1.165) is 48.0 Å². The summed E-state index contributed by atoms with van der Waals surface area (Å²) in [5.41, 5.74) is 4.22. The molecule has 1 aliphatic rings. The molecule has 1 amide bonds. The number of aryl methyl sites for hydroxylation is 1. The maximum Gasteiger partial charge on any atom is 0.233 e. The average Bonchev–Trinajstić information content (AvgIpc) is 3.37. The Hall–Kier alpha value is -2.24. The minimum Gasteiger partial charge on any atom is -0.342 e. The molecule has 0 radical (unpaired) electrons. The second kappa shape index (κ2) is 8.41. The molecule has 2 aromatic carbocycles. The molecule has 6 heteroatoms. The highest BCUT2D eigenvalue weighted by molar-refractivity contribution is 7.99. The Balaban J connectivity index is 1.67. The van der Waals surface area contributed by atoms with Gasteiger partial charge in [0.2, 0.25) is 5.91 Å². The molecule has 3 aromatic rings. The molecule has 0 atom stereocenters. The summed E-state index contributed by atoms with van der Waals surface area (Å²) >= 11 is 7.72. The number of benzene rings is 2. The zero-order chi connectivity index (χ0) is 19.5. The Morgan fingerprint density at radius 1 is 1.14 bits per heavy atom. The fourth-order valence-corrected chi connectivity index (χ4v) is 4.49. The molecule has 1 aliphatic heterocycles. The van der Waals surface area contributed by atoms with Crippen molar-refractivity contribution in [3.63, 3.8) is 0 Å². The van der Waals surface area contributed by atoms with Crippen LogP contribution < -0.4 is 0 Å². The first-order chi connectivity index (χ1) is 13.6. The van der Waals surface area contributed by atoms with Crippen LogP contribution in [0.4, 0.5) is 0 Å². The third-order valence-corrected chi connectivity index (χ3v) is 6.10. The number of imidazole rings is 1. The number of likely N-dealkylation sites (tertiary alicyclic amines) is 1. The van der Waals surface area contributed by atoms with Crippen LogP contribution in [0.3, 0.4) is 0 Å². The second-order valence-electron chi connectivity index (χ2n) is 6.98. The molecule has 1 aromatic heterocycles. The van der Waals surface area contributed by atoms with Crippen LogP contribution in [0.15, 0.2) is 59.9 Å². The second-order valence-corrected chi connectivity index (χ2v) is 8.36. The molecule has 144 valence electrons. The van der Waals surface area contributed by atoms with Crippen molar-refractivity contribution in [3.8, 4) is 16.9 Å². The van der Waals surface area contributed by atoms with E-state index in [1.54, 1.807) is 0 Å². The van der Waals surface area contributed by atoms with Crippen LogP contribution in [0.5, 0.6) is 0 Å². The highest BCUT2D eigenvalue weighted by Gasteiger charge is 2.20. The van der Waals surface area contributed by atoms with Crippen LogP contribution in [0, 0.1) is 6.92 Å². The molecule has 0 unspecified atom stereocenters. The van der Waals surface area contributed by atoms with E-state index in [0.29, 0.717) is 10.8 Å². The fourth-order valence-electron chi connectivity index (χ4n) is 3.41. The smallest absolute Gasteiger partial charge is 0.233 e. The van der Waals surface area contributed by atoms with Crippen molar-refractivity contribution in [1.29, 1.82) is 0 Å². The van der Waals surface area contributed by atoms with Crippen molar-refractivity contribution < 1.29 is 4.79 Å². The maximum atomic E-state index is 12.5. The molecule has 1 saturated heterocycles. The molecular weight excluding hydrogens is 390 g/mol. The molecule has 0 N–H and O–H groups in total. The van der Waals surface area contributed by atoms with E-state index in [-0.39, 0.29) is 5.91 Å². The SMILES string of the molecule is Cc1ccc(-c2cnc(SCC(=O)N3CCCC3)n2-c2cccc(Cl)c2)cc1. The van der Waals surface area contributed by atoms with Gasteiger partial charge in [-0.25, -0.2) is 4.98 Å². The number of aromatic nitrogens is 2. The molecule has 28 heavy (non-hydrogen) atoms. The lowest BCUT2D eigenvalue weighted by atomic mass is 10.1. The standard InChI is InChI=1S/C22H22ClN3OS/c1-16-7-9-17(10-8-16)20-14-24-22(26(20)19-6-4-5-18(23)13-19)28-15-21(27)25-11-2-3-12-25/h4-10,13-14H,2-3,11-12,15H2,1H3. The third-order valence-electron chi connectivity index (χ3n) is 4.93. The molecule has 4 rings (SSSR count). The number of halogens is 1. The van der Waals surface area contributed by atoms with Crippen molar-refractivity contribution in [3.05, 3.63) is 65.3 Å². The van der Waals surface area contributed by atoms with Gasteiger partial charge in [0, 0.05) is 29.4 Å². The lowest BCUT2D eigenvalue weighted by Crippen LogP contribution is -2.29. The van der Waals surface area contributed by atoms with Gasteiger partial charge in [0.25, 0.3) is 0 Å². The fraction of sp³-hybridized carbons (Fsp3) is 0.273. The number of hydrogen-bond acceptors (Lipinski definition) is 3. The van der Waals surface area contributed by atoms with Crippen molar-refractivity contribution >= 4 is 29.3 Å². The van der Waals surface area contributed by atoms with Gasteiger partial charge in [0.05, 0.1) is 17.6 Å². The van der Waals surface area contributed by atoms with Crippen LogP contribution >= 0.6 is 23.4 Å². The first-order valence-electron chi connectivity index (χ1n) is 9.43. The average molecular weight is 412 g/mol. The normalized spacial score (nSPS) is 13.9. The monoisotopic (exact) mass is 411 g/mol.